The van der Waals surface area contributed by atoms with Crippen molar-refractivity contribution in [3.63, 3.8) is 0 Å². The number of nitrogens with one attached hydrogen (secondary N) is 1. The number of anilines is 1. The maximum absolute atomic E-state index is 13.6. The lowest BCUT2D eigenvalue weighted by molar-refractivity contribution is 0.00578. The first-order valence-corrected chi connectivity index (χ1v) is 12.9. The molecule has 198 valence electrons. The van der Waals surface area contributed by atoms with E-state index in [9.17, 15) is 9.59 Å². The Morgan fingerprint density at radius 3 is 2.05 bits per heavy atom. The van der Waals surface area contributed by atoms with Crippen LogP contribution in [0.2, 0.25) is 0 Å². The summed E-state index contributed by atoms with van der Waals surface area (Å²) in [4.78, 5) is 26.7. The zero-order valence-corrected chi connectivity index (χ0v) is 23.5. The van der Waals surface area contributed by atoms with Crippen LogP contribution in [-0.2, 0) is 14.0 Å². The van der Waals surface area contributed by atoms with E-state index in [-0.39, 0.29) is 11.5 Å². The number of carbonyl (C=O) groups excluding carboxylic acids is 2. The molecule has 1 aliphatic heterocycles. The molecule has 38 heavy (non-hydrogen) atoms. The van der Waals surface area contributed by atoms with Crippen molar-refractivity contribution < 1.29 is 23.6 Å². The van der Waals surface area contributed by atoms with Crippen molar-refractivity contribution in [3.05, 3.63) is 83.4 Å². The van der Waals surface area contributed by atoms with Gasteiger partial charge in [-0.2, -0.15) is 0 Å². The summed E-state index contributed by atoms with van der Waals surface area (Å²) in [6, 6.07) is 20.7. The van der Waals surface area contributed by atoms with Crippen LogP contribution in [0.4, 0.5) is 5.69 Å². The topological polar surface area (TPSA) is 73.9 Å². The molecule has 1 heterocycles. The molecule has 1 saturated heterocycles. The summed E-state index contributed by atoms with van der Waals surface area (Å²) in [5.41, 5.74) is 2.86. The second kappa shape index (κ2) is 10.0. The number of aryl methyl sites for hydroxylation is 1. The fraction of sp³-hybridized carbons (Fsp3) is 0.355. The average Bonchev–Trinajstić information content (AvgIpc) is 3.05. The van der Waals surface area contributed by atoms with Gasteiger partial charge in [-0.25, -0.2) is 4.79 Å². The molecule has 1 fully saturated rings. The molecule has 0 aliphatic carbocycles. The standard InChI is InChI=1S/C31H36BNO5/c1-20-14-16-23(32-37-30(5,6)31(7,8)38-32)19-25(20)27(34)33-26-18-22(21-12-10-9-11-13-21)15-17-24(26)28(35)36-29(2,3)4/h9-19H,1-8H3,(H,33,34). The number of amides is 1. The lowest BCUT2D eigenvalue weighted by Gasteiger charge is -2.32. The molecule has 1 amide bonds. The highest BCUT2D eigenvalue weighted by molar-refractivity contribution is 6.62. The minimum absolute atomic E-state index is 0.285. The van der Waals surface area contributed by atoms with Gasteiger partial charge in [0.1, 0.15) is 5.60 Å². The van der Waals surface area contributed by atoms with Gasteiger partial charge in [0.05, 0.1) is 22.5 Å². The lowest BCUT2D eigenvalue weighted by Crippen LogP contribution is -2.41. The lowest BCUT2D eigenvalue weighted by atomic mass is 9.77. The summed E-state index contributed by atoms with van der Waals surface area (Å²) in [5, 5.41) is 2.97. The molecule has 3 aromatic carbocycles. The minimum atomic E-state index is -0.676. The number of carbonyl (C=O) groups is 2. The van der Waals surface area contributed by atoms with Crippen LogP contribution in [-0.4, -0.2) is 35.8 Å². The molecule has 1 aliphatic rings. The van der Waals surface area contributed by atoms with Gasteiger partial charge in [0.25, 0.3) is 5.91 Å². The van der Waals surface area contributed by atoms with E-state index in [0.29, 0.717) is 11.3 Å². The van der Waals surface area contributed by atoms with E-state index in [1.165, 1.54) is 0 Å². The molecule has 0 spiro atoms. The molecule has 0 radical (unpaired) electrons. The fourth-order valence-corrected chi connectivity index (χ4v) is 4.17. The van der Waals surface area contributed by atoms with Crippen LogP contribution in [0.15, 0.2) is 66.7 Å². The Morgan fingerprint density at radius 2 is 1.45 bits per heavy atom. The van der Waals surface area contributed by atoms with Gasteiger partial charge < -0.3 is 19.4 Å². The van der Waals surface area contributed by atoms with Gasteiger partial charge >= 0.3 is 13.1 Å². The molecule has 0 unspecified atom stereocenters. The summed E-state index contributed by atoms with van der Waals surface area (Å²) in [7, 11) is -0.592. The maximum atomic E-state index is 13.6. The Labute approximate surface area is 225 Å². The first-order chi connectivity index (χ1) is 17.7. The molecule has 0 atom stereocenters. The second-order valence-electron chi connectivity index (χ2n) is 11.7. The van der Waals surface area contributed by atoms with Crippen molar-refractivity contribution in [2.45, 2.75) is 72.2 Å². The van der Waals surface area contributed by atoms with Gasteiger partial charge in [0.15, 0.2) is 0 Å². The van der Waals surface area contributed by atoms with Gasteiger partial charge in [-0.3, -0.25) is 4.79 Å². The molecular formula is C31H36BNO5. The summed E-state index contributed by atoms with van der Waals surface area (Å²) in [6.07, 6.45) is 0. The average molecular weight is 513 g/mol. The van der Waals surface area contributed by atoms with Crippen LogP contribution >= 0.6 is 0 Å². The summed E-state index contributed by atoms with van der Waals surface area (Å²) in [5.74, 6) is -0.842. The van der Waals surface area contributed by atoms with Crippen molar-refractivity contribution in [3.8, 4) is 11.1 Å². The molecule has 7 heteroatoms. The van der Waals surface area contributed by atoms with Crippen molar-refractivity contribution >= 4 is 30.1 Å². The molecule has 0 aromatic heterocycles. The second-order valence-corrected chi connectivity index (χ2v) is 11.7. The van der Waals surface area contributed by atoms with Crippen molar-refractivity contribution in [1.29, 1.82) is 0 Å². The zero-order chi connectivity index (χ0) is 27.9. The monoisotopic (exact) mass is 513 g/mol. The number of benzene rings is 3. The van der Waals surface area contributed by atoms with E-state index in [4.69, 9.17) is 14.0 Å². The van der Waals surface area contributed by atoms with Crippen molar-refractivity contribution in [2.24, 2.45) is 0 Å². The molecule has 3 aromatic rings. The first-order valence-electron chi connectivity index (χ1n) is 12.9. The predicted molar refractivity (Wildman–Crippen MR) is 152 cm³/mol. The van der Waals surface area contributed by atoms with E-state index < -0.39 is 29.9 Å². The highest BCUT2D eigenvalue weighted by atomic mass is 16.7. The molecule has 0 bridgehead atoms. The molecule has 6 nitrogen and oxygen atoms in total. The Hall–Kier alpha value is -3.42. The van der Waals surface area contributed by atoms with E-state index in [1.54, 1.807) is 18.2 Å². The third-order valence-corrected chi connectivity index (χ3v) is 7.03. The van der Waals surface area contributed by atoms with Gasteiger partial charge in [0, 0.05) is 5.56 Å². The van der Waals surface area contributed by atoms with E-state index in [2.05, 4.69) is 5.32 Å². The smallest absolute Gasteiger partial charge is 0.456 e. The number of rotatable bonds is 5. The number of hydrogen-bond donors (Lipinski definition) is 1. The quantitative estimate of drug-likeness (QED) is 0.326. The summed E-state index contributed by atoms with van der Waals surface area (Å²) >= 11 is 0. The largest absolute Gasteiger partial charge is 0.494 e. The Bertz CT molecular complexity index is 1340. The number of esters is 1. The van der Waals surface area contributed by atoms with Gasteiger partial charge in [0.2, 0.25) is 0 Å². The zero-order valence-electron chi connectivity index (χ0n) is 23.5. The summed E-state index contributed by atoms with van der Waals surface area (Å²) in [6.45, 7) is 15.3. The number of ether oxygens (including phenoxy) is 1. The Kier molecular flexibility index (Phi) is 7.30. The molecule has 4 rings (SSSR count). The van der Waals surface area contributed by atoms with Crippen molar-refractivity contribution in [2.75, 3.05) is 5.32 Å². The normalized spacial score (nSPS) is 16.3. The fourth-order valence-electron chi connectivity index (χ4n) is 4.17. The molecule has 1 N–H and O–H groups in total. The van der Waals surface area contributed by atoms with Gasteiger partial charge in [-0.15, -0.1) is 0 Å². The van der Waals surface area contributed by atoms with E-state index in [0.717, 1.165) is 22.2 Å². The third-order valence-electron chi connectivity index (χ3n) is 7.03. The first kappa shape index (κ1) is 27.6. The van der Waals surface area contributed by atoms with Crippen LogP contribution in [0.5, 0.6) is 0 Å². The predicted octanol–water partition coefficient (Wildman–Crippen LogP) is 6.17. The highest BCUT2D eigenvalue weighted by Gasteiger charge is 2.51. The van der Waals surface area contributed by atoms with Crippen molar-refractivity contribution in [1.82, 2.24) is 0 Å². The van der Waals surface area contributed by atoms with Crippen LogP contribution < -0.4 is 10.8 Å². The van der Waals surface area contributed by atoms with Gasteiger partial charge in [-0.05, 0) is 95.7 Å². The SMILES string of the molecule is Cc1ccc(B2OC(C)(C)C(C)(C)O2)cc1C(=O)Nc1cc(-c2ccccc2)ccc1C(=O)OC(C)(C)C. The molecular weight excluding hydrogens is 477 g/mol. The van der Waals surface area contributed by atoms with Crippen LogP contribution in [0.25, 0.3) is 11.1 Å². The Balaban J connectivity index is 1.69. The van der Waals surface area contributed by atoms with E-state index in [1.807, 2.05) is 104 Å². The van der Waals surface area contributed by atoms with Crippen LogP contribution in [0.3, 0.4) is 0 Å². The van der Waals surface area contributed by atoms with Crippen LogP contribution in [0.1, 0.15) is 74.7 Å². The Morgan fingerprint density at radius 1 is 0.816 bits per heavy atom. The van der Waals surface area contributed by atoms with E-state index >= 15 is 0 Å². The van der Waals surface area contributed by atoms with Crippen LogP contribution in [0, 0.1) is 6.92 Å². The summed E-state index contributed by atoms with van der Waals surface area (Å²) < 4.78 is 18.0. The minimum Gasteiger partial charge on any atom is -0.456 e. The number of hydrogen-bond acceptors (Lipinski definition) is 5. The maximum Gasteiger partial charge on any atom is 0.494 e. The molecule has 0 saturated carbocycles. The van der Waals surface area contributed by atoms with Gasteiger partial charge in [-0.1, -0.05) is 48.5 Å². The highest BCUT2D eigenvalue weighted by Crippen LogP contribution is 2.36. The third kappa shape index (κ3) is 5.84.